The topological polar surface area (TPSA) is 83.5 Å². The molecule has 4 N–H and O–H groups in total. The van der Waals surface area contributed by atoms with E-state index in [1.54, 1.807) is 12.2 Å². The molecule has 4 nitrogen and oxygen atoms in total. The van der Waals surface area contributed by atoms with Crippen LogP contribution in [-0.2, 0) is 4.79 Å². The Morgan fingerprint density at radius 1 is 1.35 bits per heavy atom. The molecule has 0 aliphatic heterocycles. The summed E-state index contributed by atoms with van der Waals surface area (Å²) in [6.07, 6.45) is 4.28. The van der Waals surface area contributed by atoms with Gasteiger partial charge in [0, 0.05) is 11.8 Å². The van der Waals surface area contributed by atoms with Gasteiger partial charge in [-0.1, -0.05) is 12.2 Å². The van der Waals surface area contributed by atoms with Gasteiger partial charge in [-0.3, -0.25) is 0 Å². The number of halogens is 1. The summed E-state index contributed by atoms with van der Waals surface area (Å²) in [5.41, 5.74) is 1.44. The van der Waals surface area contributed by atoms with Crippen LogP contribution in [0.3, 0.4) is 0 Å². The van der Waals surface area contributed by atoms with Crippen LogP contribution in [0.4, 0.5) is 4.39 Å². The summed E-state index contributed by atoms with van der Waals surface area (Å²) >= 11 is 4.75. The van der Waals surface area contributed by atoms with Crippen molar-refractivity contribution in [3.63, 3.8) is 0 Å². The van der Waals surface area contributed by atoms with E-state index in [9.17, 15) is 19.4 Å². The third-order valence-electron chi connectivity index (χ3n) is 4.82. The van der Waals surface area contributed by atoms with E-state index < -0.39 is 39.5 Å². The summed E-state index contributed by atoms with van der Waals surface area (Å²) in [6, 6.07) is 0. The lowest BCUT2D eigenvalue weighted by Gasteiger charge is -2.36. The van der Waals surface area contributed by atoms with Crippen LogP contribution >= 0.6 is 12.2 Å². The highest BCUT2D eigenvalue weighted by Crippen LogP contribution is 2.75. The van der Waals surface area contributed by atoms with Gasteiger partial charge < -0.3 is 15.9 Å². The fourth-order valence-corrected chi connectivity index (χ4v) is 4.36. The van der Waals surface area contributed by atoms with E-state index in [1.807, 2.05) is 0 Å². The van der Waals surface area contributed by atoms with Crippen molar-refractivity contribution in [3.8, 4) is 0 Å². The maximum absolute atomic E-state index is 14.8. The molecule has 0 saturated heterocycles. The van der Waals surface area contributed by atoms with Crippen molar-refractivity contribution in [2.45, 2.75) is 30.5 Å². The Balaban J connectivity index is 2.53. The second-order valence-electron chi connectivity index (χ2n) is 5.90. The first-order valence-corrected chi connectivity index (χ1v) is 6.78. The van der Waals surface area contributed by atoms with E-state index >= 15 is 0 Å². The van der Waals surface area contributed by atoms with Crippen molar-refractivity contribution in [2.24, 2.45) is 23.0 Å². The maximum atomic E-state index is 14.8. The van der Waals surface area contributed by atoms with Gasteiger partial charge in [-0.15, -0.1) is 13.2 Å². The highest BCUT2D eigenvalue weighted by molar-refractivity contribution is 7.80. The molecule has 20 heavy (non-hydrogen) atoms. The standard InChI is InChI=1S/C14H18FNO3S/c1-3-5-12(6-4-2)7-13(16,11(19)20)9-8(12)14(9,15)10(17)18/h3-4,8-9H,1-2,5-7,16H2,(H,17,18)(H,19,20). The lowest BCUT2D eigenvalue weighted by Crippen LogP contribution is -2.53. The minimum atomic E-state index is -2.44. The molecule has 4 atom stereocenters. The van der Waals surface area contributed by atoms with Crippen LogP contribution in [0.25, 0.3) is 0 Å². The number of hydrogen-bond acceptors (Lipinski definition) is 3. The van der Waals surface area contributed by atoms with Gasteiger partial charge >= 0.3 is 5.97 Å². The number of hydrogen-bond donors (Lipinski definition) is 3. The van der Waals surface area contributed by atoms with Gasteiger partial charge in [0.15, 0.2) is 5.05 Å². The molecular formula is C14H18FNO3S. The van der Waals surface area contributed by atoms with E-state index in [0.29, 0.717) is 12.8 Å². The van der Waals surface area contributed by atoms with Crippen LogP contribution in [0.1, 0.15) is 19.3 Å². The molecule has 0 heterocycles. The summed E-state index contributed by atoms with van der Waals surface area (Å²) in [5.74, 6) is -3.32. The third-order valence-corrected chi connectivity index (χ3v) is 5.20. The molecular weight excluding hydrogens is 281 g/mol. The number of rotatable bonds is 6. The molecule has 2 aliphatic rings. The summed E-state index contributed by atoms with van der Waals surface area (Å²) in [6.45, 7) is 7.30. The average Bonchev–Trinajstić information content (AvgIpc) is 2.89. The molecule has 2 saturated carbocycles. The fourth-order valence-electron chi connectivity index (χ4n) is 4.16. The van der Waals surface area contributed by atoms with Crippen molar-refractivity contribution in [1.82, 2.24) is 0 Å². The van der Waals surface area contributed by atoms with E-state index in [1.165, 1.54) is 0 Å². The van der Waals surface area contributed by atoms with Gasteiger partial charge in [-0.25, -0.2) is 9.18 Å². The smallest absolute Gasteiger partial charge is 0.342 e. The SMILES string of the molecule is C=CCC1(CC=C)CC(N)(C(O)=S)C2C1C2(F)C(=O)O. The molecule has 0 radical (unpaired) electrons. The summed E-state index contributed by atoms with van der Waals surface area (Å²) < 4.78 is 14.8. The number of carbonyl (C=O) groups is 1. The summed E-state index contributed by atoms with van der Waals surface area (Å²) in [5, 5.41) is 18.4. The summed E-state index contributed by atoms with van der Waals surface area (Å²) in [4.78, 5) is 11.3. The fraction of sp³-hybridized carbons (Fsp3) is 0.571. The number of carboxylic acids is 1. The first-order valence-electron chi connectivity index (χ1n) is 6.37. The summed E-state index contributed by atoms with van der Waals surface area (Å²) in [7, 11) is 0. The predicted octanol–water partition coefficient (Wildman–Crippen LogP) is 2.15. The zero-order valence-electron chi connectivity index (χ0n) is 11.0. The maximum Gasteiger partial charge on any atom is 0.342 e. The highest BCUT2D eigenvalue weighted by Gasteiger charge is 2.87. The molecule has 0 spiro atoms. The number of fused-ring (bicyclic) bond motifs is 1. The number of alkyl halides is 1. The van der Waals surface area contributed by atoms with Gasteiger partial charge in [-0.05, 0) is 36.9 Å². The van der Waals surface area contributed by atoms with Crippen LogP contribution in [0.2, 0.25) is 0 Å². The Morgan fingerprint density at radius 2 is 1.85 bits per heavy atom. The molecule has 2 rings (SSSR count). The number of allylic oxidation sites excluding steroid dienone is 2. The Morgan fingerprint density at radius 3 is 2.20 bits per heavy atom. The Bertz CT molecular complexity index is 499. The predicted molar refractivity (Wildman–Crippen MR) is 77.3 cm³/mol. The lowest BCUT2D eigenvalue weighted by atomic mass is 9.71. The van der Waals surface area contributed by atoms with Gasteiger partial charge in [-0.2, -0.15) is 0 Å². The van der Waals surface area contributed by atoms with Crippen molar-refractivity contribution in [1.29, 1.82) is 0 Å². The van der Waals surface area contributed by atoms with Gasteiger partial charge in [0.25, 0.3) is 0 Å². The van der Waals surface area contributed by atoms with Gasteiger partial charge in [0.2, 0.25) is 5.67 Å². The van der Waals surface area contributed by atoms with Gasteiger partial charge in [0.05, 0.1) is 5.54 Å². The minimum Gasteiger partial charge on any atom is -0.501 e. The van der Waals surface area contributed by atoms with Crippen molar-refractivity contribution >= 4 is 23.2 Å². The Labute approximate surface area is 122 Å². The van der Waals surface area contributed by atoms with Crippen molar-refractivity contribution in [3.05, 3.63) is 25.3 Å². The molecule has 4 unspecified atom stereocenters. The van der Waals surface area contributed by atoms with E-state index in [4.69, 9.17) is 18.0 Å². The zero-order valence-corrected chi connectivity index (χ0v) is 11.8. The normalized spacial score (nSPS) is 40.7. The molecule has 0 amide bonds. The molecule has 2 aliphatic carbocycles. The largest absolute Gasteiger partial charge is 0.501 e. The van der Waals surface area contributed by atoms with Crippen molar-refractivity contribution < 1.29 is 19.4 Å². The highest BCUT2D eigenvalue weighted by atomic mass is 32.1. The number of aliphatic hydroxyl groups is 1. The number of carboxylic acid groups (broad SMARTS) is 1. The number of aliphatic carboxylic acids is 1. The minimum absolute atomic E-state index is 0.238. The van der Waals surface area contributed by atoms with E-state index in [0.717, 1.165) is 0 Å². The molecule has 2 fully saturated rings. The first kappa shape index (κ1) is 15.1. The second-order valence-corrected chi connectivity index (χ2v) is 6.29. The second kappa shape index (κ2) is 4.36. The lowest BCUT2D eigenvalue weighted by molar-refractivity contribution is -0.147. The molecule has 0 aromatic rings. The number of nitrogens with two attached hydrogens (primary N) is 1. The Hall–Kier alpha value is -1.27. The first-order chi connectivity index (χ1) is 9.20. The molecule has 6 heteroatoms. The average molecular weight is 299 g/mol. The number of aliphatic hydroxyl groups excluding tert-OH is 1. The third kappa shape index (κ3) is 1.61. The van der Waals surface area contributed by atoms with Crippen LogP contribution in [0, 0.1) is 17.3 Å². The van der Waals surface area contributed by atoms with Crippen LogP contribution in [0.15, 0.2) is 25.3 Å². The quantitative estimate of drug-likeness (QED) is 0.517. The van der Waals surface area contributed by atoms with E-state index in [-0.39, 0.29) is 6.42 Å². The molecule has 110 valence electrons. The molecule has 0 aromatic carbocycles. The molecule has 0 aromatic heterocycles. The molecule has 0 bridgehead atoms. The zero-order chi connectivity index (χ0) is 15.3. The van der Waals surface area contributed by atoms with Gasteiger partial charge in [0.1, 0.15) is 0 Å². The number of thiocarbonyl (C=S) groups is 1. The Kier molecular flexibility index (Phi) is 3.30. The van der Waals surface area contributed by atoms with Crippen LogP contribution in [0.5, 0.6) is 0 Å². The van der Waals surface area contributed by atoms with Crippen molar-refractivity contribution in [2.75, 3.05) is 0 Å². The van der Waals surface area contributed by atoms with E-state index in [2.05, 4.69) is 13.2 Å². The van der Waals surface area contributed by atoms with Crippen LogP contribution in [-0.4, -0.2) is 32.4 Å². The monoisotopic (exact) mass is 299 g/mol. The van der Waals surface area contributed by atoms with Crippen LogP contribution < -0.4 is 5.73 Å².